The summed E-state index contributed by atoms with van der Waals surface area (Å²) in [6.45, 7) is 22.2. The molecule has 5 aliphatic carbocycles. The lowest BCUT2D eigenvalue weighted by Crippen LogP contribution is -2.54. The van der Waals surface area contributed by atoms with Gasteiger partial charge < -0.3 is 43.8 Å². The van der Waals surface area contributed by atoms with Gasteiger partial charge in [0.1, 0.15) is 0 Å². The Morgan fingerprint density at radius 2 is 1.28 bits per heavy atom. The van der Waals surface area contributed by atoms with Crippen LogP contribution in [-0.2, 0) is 0 Å². The van der Waals surface area contributed by atoms with Crippen molar-refractivity contribution in [1.29, 1.82) is 0 Å². The summed E-state index contributed by atoms with van der Waals surface area (Å²) in [7, 11) is 0. The first-order chi connectivity index (χ1) is 37.0. The van der Waals surface area contributed by atoms with E-state index < -0.39 is 5.60 Å². The molecule has 11 atom stereocenters. The van der Waals surface area contributed by atoms with E-state index in [1.54, 1.807) is 48.5 Å². The maximum atomic E-state index is 10.5. The second-order valence-corrected chi connectivity index (χ2v) is 26.3. The Hall–Kier alpha value is -4.10. The molecule has 2 unspecified atom stereocenters. The van der Waals surface area contributed by atoms with Gasteiger partial charge in [0.25, 0.3) is 0 Å². The zero-order chi connectivity index (χ0) is 57.0. The third kappa shape index (κ3) is 20.2. The van der Waals surface area contributed by atoms with Crippen LogP contribution in [0.5, 0.6) is 0 Å². The van der Waals surface area contributed by atoms with Crippen LogP contribution in [0.15, 0.2) is 91.8 Å². The normalized spacial score (nSPS) is 28.5. The molecule has 4 fully saturated rings. The number of nitrogens with one attached hydrogen (secondary N) is 2. The van der Waals surface area contributed by atoms with Crippen molar-refractivity contribution < 1.29 is 10.2 Å². The van der Waals surface area contributed by atoms with E-state index in [0.717, 1.165) is 123 Å². The van der Waals surface area contributed by atoms with Crippen LogP contribution in [0.1, 0.15) is 197 Å². The van der Waals surface area contributed by atoms with Gasteiger partial charge in [0.2, 0.25) is 23.8 Å². The molecule has 2 aromatic carbocycles. The van der Waals surface area contributed by atoms with E-state index in [0.29, 0.717) is 39.9 Å². The molecule has 0 aromatic heterocycles. The predicted octanol–water partition coefficient (Wildman–Crippen LogP) is 15.0. The number of rotatable bonds is 18. The zero-order valence-corrected chi connectivity index (χ0v) is 51.0. The average Bonchev–Trinajstić information content (AvgIpc) is 3.98. The number of hydrogen-bond acceptors (Lipinski definition) is 4. The molecular weight excluding hydrogens is 1010 g/mol. The number of allylic oxidation sites excluding steroid dienone is 4. The number of halogens is 2. The molecule has 5 aliphatic rings. The first-order valence-electron chi connectivity index (χ1n) is 30.0. The molecule has 0 aliphatic heterocycles. The van der Waals surface area contributed by atoms with Crippen molar-refractivity contribution in [2.75, 3.05) is 23.7 Å². The number of anilines is 2. The van der Waals surface area contributed by atoms with E-state index in [2.05, 4.69) is 98.1 Å². The minimum atomic E-state index is -0.497. The summed E-state index contributed by atoms with van der Waals surface area (Å²) in [5.41, 5.74) is 28.2. The summed E-state index contributed by atoms with van der Waals surface area (Å²) in [6.07, 6.45) is 30.0. The van der Waals surface area contributed by atoms with Gasteiger partial charge in [-0.2, -0.15) is 9.98 Å². The van der Waals surface area contributed by atoms with E-state index in [1.807, 2.05) is 6.92 Å². The lowest BCUT2D eigenvalue weighted by Gasteiger charge is -2.61. The number of nitrogens with zero attached hydrogens (tertiary/aromatic N) is 4. The number of benzene rings is 2. The van der Waals surface area contributed by atoms with Crippen LogP contribution in [0.4, 0.5) is 11.4 Å². The summed E-state index contributed by atoms with van der Waals surface area (Å²) >= 11 is 11.7. The molecule has 78 heavy (non-hydrogen) atoms. The number of aliphatic imine (C=N–C) groups is 4. The van der Waals surface area contributed by atoms with Crippen LogP contribution in [0, 0.1) is 58.2 Å². The van der Waals surface area contributed by atoms with Crippen molar-refractivity contribution in [3.05, 3.63) is 81.9 Å². The Kier molecular flexibility index (Phi) is 25.9. The van der Waals surface area contributed by atoms with Crippen molar-refractivity contribution in [2.24, 2.45) is 101 Å². The Bertz CT molecular complexity index is 2240. The first kappa shape index (κ1) is 64.7. The van der Waals surface area contributed by atoms with E-state index in [4.69, 9.17) is 46.1 Å². The summed E-state index contributed by atoms with van der Waals surface area (Å²) in [5.74, 6) is 7.50. The summed E-state index contributed by atoms with van der Waals surface area (Å²) in [5, 5.41) is 27.8. The number of unbranched alkanes of at least 4 members (excludes halogenated alkanes) is 3. The highest BCUT2D eigenvalue weighted by atomic mass is 35.5. The number of guanidine groups is 4. The molecular formula is C64H104Cl2N10O2. The van der Waals surface area contributed by atoms with E-state index in [-0.39, 0.29) is 29.9 Å². The Labute approximate surface area is 481 Å². The second-order valence-electron chi connectivity index (χ2n) is 25.5. The van der Waals surface area contributed by atoms with Crippen LogP contribution >= 0.6 is 23.2 Å². The fourth-order valence-corrected chi connectivity index (χ4v) is 14.6. The molecule has 0 bridgehead atoms. The number of aliphatic hydroxyl groups excluding tert-OH is 1. The number of fused-ring (bicyclic) bond motifs is 5. The molecule has 14 heteroatoms. The van der Waals surface area contributed by atoms with E-state index in [1.165, 1.54) is 75.4 Å². The minimum absolute atomic E-state index is 0.00830. The summed E-state index contributed by atoms with van der Waals surface area (Å²) in [4.78, 5) is 16.5. The van der Waals surface area contributed by atoms with Crippen molar-refractivity contribution in [3.8, 4) is 0 Å². The molecule has 0 amide bonds. The predicted molar refractivity (Wildman–Crippen MR) is 334 cm³/mol. The molecule has 2 aromatic rings. The van der Waals surface area contributed by atoms with Crippen molar-refractivity contribution in [2.45, 2.75) is 209 Å². The number of aliphatic hydroxyl groups is 2. The molecule has 0 spiro atoms. The average molecular weight is 1120 g/mol. The highest BCUT2D eigenvalue weighted by molar-refractivity contribution is 6.31. The van der Waals surface area contributed by atoms with Crippen LogP contribution in [0.3, 0.4) is 0 Å². The van der Waals surface area contributed by atoms with Crippen molar-refractivity contribution >= 4 is 58.4 Å². The summed E-state index contributed by atoms with van der Waals surface area (Å²) < 4.78 is 0. The van der Waals surface area contributed by atoms with Gasteiger partial charge in [-0.15, -0.1) is 0 Å². The smallest absolute Gasteiger partial charge is 0.218 e. The van der Waals surface area contributed by atoms with E-state index in [9.17, 15) is 10.2 Å². The highest BCUT2D eigenvalue weighted by Crippen LogP contribution is 2.68. The molecule has 12 N–H and O–H groups in total. The monoisotopic (exact) mass is 1110 g/mol. The molecule has 0 saturated heterocycles. The van der Waals surface area contributed by atoms with Gasteiger partial charge in [-0.05, 0) is 237 Å². The highest BCUT2D eigenvalue weighted by Gasteiger charge is 2.60. The van der Waals surface area contributed by atoms with Gasteiger partial charge in [0.05, 0.1) is 11.7 Å². The van der Waals surface area contributed by atoms with Crippen LogP contribution in [0.2, 0.25) is 10.0 Å². The first-order valence-corrected chi connectivity index (χ1v) is 30.8. The number of hydrogen-bond donors (Lipinski definition) is 8. The minimum Gasteiger partial charge on any atom is -0.393 e. The maximum absolute atomic E-state index is 10.5. The molecule has 12 nitrogen and oxygen atoms in total. The van der Waals surface area contributed by atoms with Crippen molar-refractivity contribution in [1.82, 2.24) is 0 Å². The zero-order valence-electron chi connectivity index (χ0n) is 49.5. The molecule has 7 rings (SSSR count). The van der Waals surface area contributed by atoms with Gasteiger partial charge in [0.15, 0.2) is 0 Å². The van der Waals surface area contributed by atoms with Crippen LogP contribution in [0.25, 0.3) is 0 Å². The molecule has 0 radical (unpaired) electrons. The fraction of sp³-hybridized carbons (Fsp3) is 0.688. The largest absolute Gasteiger partial charge is 0.393 e. The van der Waals surface area contributed by atoms with Gasteiger partial charge in [-0.1, -0.05) is 113 Å². The van der Waals surface area contributed by atoms with Gasteiger partial charge in [0, 0.05) is 34.5 Å². The lowest BCUT2D eigenvalue weighted by molar-refractivity contribution is -0.129. The standard InChI is InChI=1S/C27H48O.C22H30Cl2N10.C15H26O/c1-18(2)7-6-8-19(3)23-11-12-24-22-10-9-20-17-21(28)13-15-26(20,4)25(22)14-16-27(23,24)5;23-15-5-9-17(10-6-15)31-21(27)33-19(25)29-13-3-1-2-4-14-30-20(26)34-22(28)32-18-11-7-16(24)8-12-18;1-12(2)6-5-11-15(4,16)14-9-7-13(3)8-10-14/h18-25,28H,6-17H2,1-5H3;5-12H,1-4,13-14H2,(H5,25,27,29,31,33)(H5,26,28,30,32,34);6-7,14,16H,5,8-11H2,1-4H3/t19-,20+,21+,22+,23-,24+,25+,26+,27-;;/m1../s1. The van der Waals surface area contributed by atoms with Crippen LogP contribution in [-0.4, -0.2) is 58.8 Å². The molecule has 4 saturated carbocycles. The number of nitrogens with two attached hydrogens (primary N) is 4. The third-order valence-corrected chi connectivity index (χ3v) is 19.4. The maximum Gasteiger partial charge on any atom is 0.218 e. The second kappa shape index (κ2) is 31.2. The third-order valence-electron chi connectivity index (χ3n) is 18.9. The van der Waals surface area contributed by atoms with Gasteiger partial charge in [-0.25, -0.2) is 0 Å². The molecule has 436 valence electrons. The van der Waals surface area contributed by atoms with Gasteiger partial charge in [-0.3, -0.25) is 9.98 Å². The van der Waals surface area contributed by atoms with E-state index >= 15 is 0 Å². The topological polar surface area (TPSA) is 218 Å². The SMILES string of the molecule is CC(C)=CCCC(C)(O)C1CC=C(C)CC1.CC(C)CCC[C@@H](C)[C@H]1CC[C@H]2[C@@H]3CC[C@H]4C[C@@H](O)CC[C@]4(C)[C@H]3CC[C@]12C.NC(=NCCCCCCN=C(N)N=C(N)Nc1ccc(Cl)cc1)N=C(N)Nc1ccc(Cl)cc1. The van der Waals surface area contributed by atoms with Crippen molar-refractivity contribution in [3.63, 3.8) is 0 Å². The Balaban J connectivity index is 0.000000229. The Morgan fingerprint density at radius 3 is 1.81 bits per heavy atom. The molecule has 0 heterocycles. The Morgan fingerprint density at radius 1 is 0.731 bits per heavy atom. The quantitative estimate of drug-likeness (QED) is 0.0310. The van der Waals surface area contributed by atoms with Crippen LogP contribution < -0.4 is 33.6 Å². The fourth-order valence-electron chi connectivity index (χ4n) is 14.3. The van der Waals surface area contributed by atoms with Gasteiger partial charge >= 0.3 is 0 Å². The lowest BCUT2D eigenvalue weighted by atomic mass is 9.44. The summed E-state index contributed by atoms with van der Waals surface area (Å²) in [6, 6.07) is 14.1.